The van der Waals surface area contributed by atoms with Crippen molar-refractivity contribution in [2.24, 2.45) is 0 Å². The van der Waals surface area contributed by atoms with E-state index in [1.165, 1.54) is 0 Å². The molecular formula is C19H25F3N4O5. The molecule has 0 aromatic heterocycles. The molecule has 0 aliphatic carbocycles. The van der Waals surface area contributed by atoms with Crippen LogP contribution in [0.25, 0.3) is 0 Å². The number of carbonyl (C=O) groups excluding carboxylic acids is 2. The topological polar surface area (TPSA) is 111 Å². The van der Waals surface area contributed by atoms with Gasteiger partial charge in [-0.15, -0.1) is 0 Å². The molecule has 2 heterocycles. The summed E-state index contributed by atoms with van der Waals surface area (Å²) in [6.45, 7) is 5.17. The average Bonchev–Trinajstić information content (AvgIpc) is 3.15. The maximum absolute atomic E-state index is 12.6. The van der Waals surface area contributed by atoms with Crippen LogP contribution in [0, 0.1) is 0 Å². The Labute approximate surface area is 177 Å². The van der Waals surface area contributed by atoms with Crippen LogP contribution in [0.3, 0.4) is 0 Å². The first kappa shape index (κ1) is 24.3. The molecule has 1 spiro atoms. The summed E-state index contributed by atoms with van der Waals surface area (Å²) in [5.74, 6) is -1.99. The summed E-state index contributed by atoms with van der Waals surface area (Å²) < 4.78 is 36.9. The lowest BCUT2D eigenvalue weighted by atomic mass is 9.93. The van der Waals surface area contributed by atoms with Crippen LogP contribution in [0.2, 0.25) is 0 Å². The van der Waals surface area contributed by atoms with Crippen LogP contribution in [-0.2, 0) is 9.59 Å². The number of anilines is 1. The standard InChI is InChI=1S/C17H24N4O3.C2HF3O2/c1-3-21-10-15(22)18-11-17(21)7-8-20(12-17)16(23)19-13-5-4-6-14(9-13)24-2;3-2(4,5)1(6)7/h4-6,9H,3,7-8,10-12H2,1-2H3,(H,18,22)(H,19,23);(H,6,7). The highest BCUT2D eigenvalue weighted by Gasteiger charge is 2.46. The molecule has 9 nitrogen and oxygen atoms in total. The molecule has 172 valence electrons. The number of piperazine rings is 1. The van der Waals surface area contributed by atoms with Crippen LogP contribution in [0.5, 0.6) is 5.75 Å². The molecule has 0 saturated carbocycles. The van der Waals surface area contributed by atoms with Crippen molar-refractivity contribution in [3.05, 3.63) is 24.3 Å². The summed E-state index contributed by atoms with van der Waals surface area (Å²) in [5.41, 5.74) is 0.568. The fourth-order valence-corrected chi connectivity index (χ4v) is 3.55. The third-order valence-electron chi connectivity index (χ3n) is 5.18. The SMILES string of the molecule is CCN1CC(=O)NCC12CCN(C(=O)Nc1cccc(OC)c1)C2.O=C(O)C(F)(F)F. The molecule has 0 bridgehead atoms. The molecular weight excluding hydrogens is 421 g/mol. The number of urea groups is 1. The Morgan fingerprint density at radius 3 is 2.61 bits per heavy atom. The number of ether oxygens (including phenoxy) is 1. The molecule has 3 amide bonds. The van der Waals surface area contributed by atoms with Crippen molar-refractivity contribution in [1.29, 1.82) is 0 Å². The first-order valence-corrected chi connectivity index (χ1v) is 9.52. The molecule has 2 aliphatic heterocycles. The highest BCUT2D eigenvalue weighted by Crippen LogP contribution is 2.30. The van der Waals surface area contributed by atoms with Crippen LogP contribution in [0.1, 0.15) is 13.3 Å². The number of likely N-dealkylation sites (tertiary alicyclic amines) is 1. The quantitative estimate of drug-likeness (QED) is 0.653. The third-order valence-corrected chi connectivity index (χ3v) is 5.18. The molecule has 3 N–H and O–H groups in total. The average molecular weight is 446 g/mol. The van der Waals surface area contributed by atoms with Gasteiger partial charge in [-0.3, -0.25) is 9.69 Å². The minimum absolute atomic E-state index is 0.0572. The Hall–Kier alpha value is -3.02. The van der Waals surface area contributed by atoms with Crippen molar-refractivity contribution >= 4 is 23.6 Å². The van der Waals surface area contributed by atoms with Gasteiger partial charge in [-0.05, 0) is 25.1 Å². The molecule has 31 heavy (non-hydrogen) atoms. The van der Waals surface area contributed by atoms with Crippen LogP contribution in [0.4, 0.5) is 23.7 Å². The Balaban J connectivity index is 0.000000423. The Bertz CT molecular complexity index is 820. The number of carboxylic acid groups (broad SMARTS) is 1. The molecule has 1 aromatic carbocycles. The molecule has 2 fully saturated rings. The summed E-state index contributed by atoms with van der Waals surface area (Å²) in [6.07, 6.45) is -4.22. The van der Waals surface area contributed by atoms with Gasteiger partial charge in [-0.25, -0.2) is 9.59 Å². The smallest absolute Gasteiger partial charge is 0.490 e. The number of benzene rings is 1. The van der Waals surface area contributed by atoms with Crippen molar-refractivity contribution in [3.8, 4) is 5.75 Å². The fraction of sp³-hybridized carbons (Fsp3) is 0.526. The number of methoxy groups -OCH3 is 1. The van der Waals surface area contributed by atoms with Gasteiger partial charge in [0.25, 0.3) is 0 Å². The molecule has 1 aromatic rings. The molecule has 0 radical (unpaired) electrons. The minimum Gasteiger partial charge on any atom is -0.497 e. The highest BCUT2D eigenvalue weighted by molar-refractivity contribution is 5.90. The van der Waals surface area contributed by atoms with Crippen molar-refractivity contribution in [1.82, 2.24) is 15.1 Å². The zero-order valence-electron chi connectivity index (χ0n) is 17.2. The summed E-state index contributed by atoms with van der Waals surface area (Å²) >= 11 is 0. The maximum Gasteiger partial charge on any atom is 0.490 e. The fourth-order valence-electron chi connectivity index (χ4n) is 3.55. The van der Waals surface area contributed by atoms with Crippen molar-refractivity contribution in [2.45, 2.75) is 25.1 Å². The highest BCUT2D eigenvalue weighted by atomic mass is 19.4. The molecule has 3 rings (SSSR count). The molecule has 2 aliphatic rings. The first-order chi connectivity index (χ1) is 14.5. The number of carboxylic acids is 1. The Morgan fingerprint density at radius 1 is 1.35 bits per heavy atom. The number of alkyl halides is 3. The van der Waals surface area contributed by atoms with Crippen LogP contribution in [-0.4, -0.2) is 84.4 Å². The lowest BCUT2D eigenvalue weighted by Crippen LogP contribution is -2.64. The Kier molecular flexibility index (Phi) is 7.71. The normalized spacial score (nSPS) is 21.2. The van der Waals surface area contributed by atoms with E-state index in [0.29, 0.717) is 37.6 Å². The van der Waals surface area contributed by atoms with Crippen LogP contribution < -0.4 is 15.4 Å². The van der Waals surface area contributed by atoms with E-state index in [-0.39, 0.29) is 17.5 Å². The van der Waals surface area contributed by atoms with Gasteiger partial charge in [-0.2, -0.15) is 13.2 Å². The Morgan fingerprint density at radius 2 is 2.03 bits per heavy atom. The monoisotopic (exact) mass is 446 g/mol. The zero-order valence-corrected chi connectivity index (χ0v) is 17.2. The number of aliphatic carboxylic acids is 1. The number of likely N-dealkylation sites (N-methyl/N-ethyl adjacent to an activating group) is 1. The maximum atomic E-state index is 12.6. The number of rotatable bonds is 3. The molecule has 1 unspecified atom stereocenters. The largest absolute Gasteiger partial charge is 0.497 e. The number of nitrogens with one attached hydrogen (secondary N) is 2. The number of carbonyl (C=O) groups is 3. The predicted molar refractivity (Wildman–Crippen MR) is 105 cm³/mol. The number of halogens is 3. The predicted octanol–water partition coefficient (Wildman–Crippen LogP) is 1.76. The number of hydrogen-bond donors (Lipinski definition) is 3. The van der Waals surface area contributed by atoms with Gasteiger partial charge < -0.3 is 25.4 Å². The van der Waals surface area contributed by atoms with Gasteiger partial charge in [-0.1, -0.05) is 13.0 Å². The van der Waals surface area contributed by atoms with Gasteiger partial charge in [0.15, 0.2) is 0 Å². The number of amides is 3. The molecule has 1 atom stereocenters. The number of hydrogen-bond acceptors (Lipinski definition) is 5. The van der Waals surface area contributed by atoms with Crippen molar-refractivity contribution in [2.75, 3.05) is 45.2 Å². The van der Waals surface area contributed by atoms with E-state index in [0.717, 1.165) is 13.0 Å². The minimum atomic E-state index is -5.08. The van der Waals surface area contributed by atoms with E-state index in [1.54, 1.807) is 13.2 Å². The van der Waals surface area contributed by atoms with E-state index >= 15 is 0 Å². The summed E-state index contributed by atoms with van der Waals surface area (Å²) in [4.78, 5) is 37.1. The van der Waals surface area contributed by atoms with Gasteiger partial charge in [0.2, 0.25) is 5.91 Å². The van der Waals surface area contributed by atoms with E-state index in [2.05, 4.69) is 22.5 Å². The second-order valence-electron chi connectivity index (χ2n) is 7.15. The second kappa shape index (κ2) is 9.86. The molecule has 2 saturated heterocycles. The third kappa shape index (κ3) is 6.23. The van der Waals surface area contributed by atoms with Crippen LogP contribution >= 0.6 is 0 Å². The molecule has 12 heteroatoms. The van der Waals surface area contributed by atoms with Crippen molar-refractivity contribution < 1.29 is 37.4 Å². The lowest BCUT2D eigenvalue weighted by molar-refractivity contribution is -0.192. The summed E-state index contributed by atoms with van der Waals surface area (Å²) in [6, 6.07) is 7.20. The summed E-state index contributed by atoms with van der Waals surface area (Å²) in [5, 5.41) is 13.0. The van der Waals surface area contributed by atoms with Gasteiger partial charge in [0.05, 0.1) is 19.2 Å². The van der Waals surface area contributed by atoms with Gasteiger partial charge in [0.1, 0.15) is 5.75 Å². The van der Waals surface area contributed by atoms with E-state index in [1.807, 2.05) is 23.1 Å². The van der Waals surface area contributed by atoms with Crippen molar-refractivity contribution in [3.63, 3.8) is 0 Å². The summed E-state index contributed by atoms with van der Waals surface area (Å²) in [7, 11) is 1.60. The number of nitrogens with zero attached hydrogens (tertiary/aromatic N) is 2. The first-order valence-electron chi connectivity index (χ1n) is 9.52. The lowest BCUT2D eigenvalue weighted by Gasteiger charge is -2.43. The van der Waals surface area contributed by atoms with Gasteiger partial charge >= 0.3 is 18.2 Å². The van der Waals surface area contributed by atoms with Crippen LogP contribution in [0.15, 0.2) is 24.3 Å². The van der Waals surface area contributed by atoms with E-state index in [9.17, 15) is 22.8 Å². The van der Waals surface area contributed by atoms with E-state index in [4.69, 9.17) is 14.6 Å². The zero-order chi connectivity index (χ0) is 23.2. The second-order valence-corrected chi connectivity index (χ2v) is 7.15. The van der Waals surface area contributed by atoms with Gasteiger partial charge in [0, 0.05) is 31.4 Å². The van der Waals surface area contributed by atoms with E-state index < -0.39 is 12.1 Å².